The normalized spacial score (nSPS) is 13.3. The number of benzene rings is 2. The van der Waals surface area contributed by atoms with Crippen LogP contribution in [0.3, 0.4) is 0 Å². The summed E-state index contributed by atoms with van der Waals surface area (Å²) in [5.74, 6) is 0.170. The van der Waals surface area contributed by atoms with Crippen molar-refractivity contribution in [1.82, 2.24) is 0 Å². The molecule has 0 radical (unpaired) electrons. The molecule has 0 bridgehead atoms. The number of carbonyl (C=O) groups excluding carboxylic acids is 2. The number of amides is 2. The van der Waals surface area contributed by atoms with Crippen LogP contribution in [0.5, 0.6) is 5.75 Å². The van der Waals surface area contributed by atoms with Crippen LogP contribution in [0.4, 0.5) is 11.4 Å². The molecule has 0 aliphatic carbocycles. The highest BCUT2D eigenvalue weighted by atomic mass is 16.5. The summed E-state index contributed by atoms with van der Waals surface area (Å²) in [5.41, 5.74) is 4.65. The maximum Gasteiger partial charge on any atom is 0.265 e. The molecule has 5 heteroatoms. The minimum Gasteiger partial charge on any atom is -0.482 e. The molecule has 0 saturated heterocycles. The lowest BCUT2D eigenvalue weighted by Gasteiger charge is -2.29. The smallest absolute Gasteiger partial charge is 0.265 e. The van der Waals surface area contributed by atoms with E-state index in [1.165, 1.54) is 10.5 Å². The third kappa shape index (κ3) is 3.25. The number of nitrogens with zero attached hydrogens (tertiary/aromatic N) is 1. The first-order valence-corrected chi connectivity index (χ1v) is 7.85. The molecule has 1 N–H and O–H groups in total. The molecule has 2 aromatic carbocycles. The van der Waals surface area contributed by atoms with Crippen LogP contribution in [0.25, 0.3) is 0 Å². The van der Waals surface area contributed by atoms with Crippen LogP contribution in [0.2, 0.25) is 0 Å². The SMILES string of the molecule is Cc1ccc2c(c1)N(CC(=O)Nc1ccc(C)c(C)c1)C(=O)CO2. The Kier molecular flexibility index (Phi) is 4.25. The number of hydrogen-bond donors (Lipinski definition) is 1. The minimum absolute atomic E-state index is 0.0361. The summed E-state index contributed by atoms with van der Waals surface area (Å²) in [5, 5.41) is 2.85. The van der Waals surface area contributed by atoms with E-state index in [0.29, 0.717) is 11.4 Å². The van der Waals surface area contributed by atoms with Crippen molar-refractivity contribution in [2.75, 3.05) is 23.4 Å². The lowest BCUT2D eigenvalue weighted by atomic mass is 10.1. The molecular weight excluding hydrogens is 304 g/mol. The monoisotopic (exact) mass is 324 g/mol. The van der Waals surface area contributed by atoms with Crippen LogP contribution in [0, 0.1) is 20.8 Å². The fourth-order valence-electron chi connectivity index (χ4n) is 2.65. The second kappa shape index (κ2) is 6.35. The Morgan fingerprint density at radius 1 is 1.12 bits per heavy atom. The summed E-state index contributed by atoms with van der Waals surface area (Å²) in [7, 11) is 0. The van der Waals surface area contributed by atoms with Gasteiger partial charge in [-0.25, -0.2) is 0 Å². The Hall–Kier alpha value is -2.82. The Labute approximate surface area is 141 Å². The van der Waals surface area contributed by atoms with Gasteiger partial charge in [0.2, 0.25) is 5.91 Å². The first kappa shape index (κ1) is 16.1. The average Bonchev–Trinajstić information content (AvgIpc) is 2.54. The molecule has 124 valence electrons. The van der Waals surface area contributed by atoms with Crippen LogP contribution in [-0.2, 0) is 9.59 Å². The molecule has 5 nitrogen and oxygen atoms in total. The van der Waals surface area contributed by atoms with Gasteiger partial charge in [0, 0.05) is 5.69 Å². The quantitative estimate of drug-likeness (QED) is 0.944. The minimum atomic E-state index is -0.235. The summed E-state index contributed by atoms with van der Waals surface area (Å²) >= 11 is 0. The molecule has 2 aromatic rings. The van der Waals surface area contributed by atoms with Gasteiger partial charge in [0.15, 0.2) is 6.61 Å². The van der Waals surface area contributed by atoms with Crippen LogP contribution in [0.1, 0.15) is 16.7 Å². The second-order valence-electron chi connectivity index (χ2n) is 6.09. The maximum atomic E-state index is 12.4. The zero-order valence-corrected chi connectivity index (χ0v) is 14.1. The first-order chi connectivity index (χ1) is 11.4. The molecule has 1 heterocycles. The fraction of sp³-hybridized carbons (Fsp3) is 0.263. The molecule has 1 aliphatic heterocycles. The van der Waals surface area contributed by atoms with E-state index < -0.39 is 0 Å². The highest BCUT2D eigenvalue weighted by Crippen LogP contribution is 2.32. The zero-order chi connectivity index (χ0) is 17.3. The van der Waals surface area contributed by atoms with Crippen molar-refractivity contribution < 1.29 is 14.3 Å². The molecule has 2 amide bonds. The number of anilines is 2. The van der Waals surface area contributed by atoms with Gasteiger partial charge < -0.3 is 10.1 Å². The number of fused-ring (bicyclic) bond motifs is 1. The second-order valence-corrected chi connectivity index (χ2v) is 6.09. The lowest BCUT2D eigenvalue weighted by molar-refractivity contribution is -0.123. The van der Waals surface area contributed by atoms with Gasteiger partial charge in [-0.3, -0.25) is 14.5 Å². The Bertz CT molecular complexity index is 814. The van der Waals surface area contributed by atoms with Crippen molar-refractivity contribution in [2.45, 2.75) is 20.8 Å². The van der Waals surface area contributed by atoms with E-state index in [-0.39, 0.29) is 25.0 Å². The van der Waals surface area contributed by atoms with E-state index >= 15 is 0 Å². The van der Waals surface area contributed by atoms with Crippen LogP contribution < -0.4 is 15.0 Å². The number of ether oxygens (including phenoxy) is 1. The van der Waals surface area contributed by atoms with Gasteiger partial charge >= 0.3 is 0 Å². The number of rotatable bonds is 3. The standard InChI is InChI=1S/C19H20N2O3/c1-12-4-7-17-16(8-12)21(19(23)11-24-17)10-18(22)20-15-6-5-13(2)14(3)9-15/h4-9H,10-11H2,1-3H3,(H,20,22). The summed E-state index contributed by atoms with van der Waals surface area (Å²) in [6, 6.07) is 11.3. The van der Waals surface area contributed by atoms with E-state index in [1.807, 2.05) is 57.2 Å². The van der Waals surface area contributed by atoms with Crippen molar-refractivity contribution in [2.24, 2.45) is 0 Å². The third-order valence-electron chi connectivity index (χ3n) is 4.15. The molecule has 0 unspecified atom stereocenters. The Morgan fingerprint density at radius 2 is 1.92 bits per heavy atom. The average molecular weight is 324 g/mol. The van der Waals surface area contributed by atoms with Crippen molar-refractivity contribution >= 4 is 23.2 Å². The van der Waals surface area contributed by atoms with Crippen LogP contribution >= 0.6 is 0 Å². The first-order valence-electron chi connectivity index (χ1n) is 7.85. The zero-order valence-electron chi connectivity index (χ0n) is 14.1. The van der Waals surface area contributed by atoms with E-state index in [4.69, 9.17) is 4.74 Å². The topological polar surface area (TPSA) is 58.6 Å². The predicted molar refractivity (Wildman–Crippen MR) is 93.6 cm³/mol. The van der Waals surface area contributed by atoms with Gasteiger partial charge in [-0.05, 0) is 61.7 Å². The van der Waals surface area contributed by atoms with Gasteiger partial charge in [0.05, 0.1) is 5.69 Å². The predicted octanol–water partition coefficient (Wildman–Crippen LogP) is 2.98. The number of carbonyl (C=O) groups is 2. The number of hydrogen-bond acceptors (Lipinski definition) is 3. The van der Waals surface area contributed by atoms with E-state index in [1.54, 1.807) is 0 Å². The molecule has 0 spiro atoms. The molecule has 1 aliphatic rings. The largest absolute Gasteiger partial charge is 0.482 e. The van der Waals surface area contributed by atoms with Gasteiger partial charge in [-0.1, -0.05) is 12.1 Å². The highest BCUT2D eigenvalue weighted by molar-refractivity contribution is 6.05. The molecule has 0 atom stereocenters. The van der Waals surface area contributed by atoms with Crippen molar-refractivity contribution in [3.63, 3.8) is 0 Å². The Balaban J connectivity index is 1.77. The molecule has 24 heavy (non-hydrogen) atoms. The van der Waals surface area contributed by atoms with E-state index in [9.17, 15) is 9.59 Å². The van der Waals surface area contributed by atoms with Gasteiger partial charge in [-0.2, -0.15) is 0 Å². The van der Waals surface area contributed by atoms with Crippen molar-refractivity contribution in [3.8, 4) is 5.75 Å². The van der Waals surface area contributed by atoms with Crippen molar-refractivity contribution in [1.29, 1.82) is 0 Å². The van der Waals surface area contributed by atoms with Gasteiger partial charge in [0.1, 0.15) is 12.3 Å². The molecule has 3 rings (SSSR count). The van der Waals surface area contributed by atoms with Gasteiger partial charge in [-0.15, -0.1) is 0 Å². The Morgan fingerprint density at radius 3 is 2.67 bits per heavy atom. The highest BCUT2D eigenvalue weighted by Gasteiger charge is 2.27. The fourth-order valence-corrected chi connectivity index (χ4v) is 2.65. The van der Waals surface area contributed by atoms with Crippen molar-refractivity contribution in [3.05, 3.63) is 53.1 Å². The van der Waals surface area contributed by atoms with Crippen LogP contribution in [-0.4, -0.2) is 25.0 Å². The third-order valence-corrected chi connectivity index (χ3v) is 4.15. The summed E-state index contributed by atoms with van der Waals surface area (Å²) in [4.78, 5) is 26.0. The molecular formula is C19H20N2O3. The van der Waals surface area contributed by atoms with Crippen LogP contribution in [0.15, 0.2) is 36.4 Å². The maximum absolute atomic E-state index is 12.4. The van der Waals surface area contributed by atoms with E-state index in [0.717, 1.165) is 16.8 Å². The lowest BCUT2D eigenvalue weighted by Crippen LogP contribution is -2.43. The molecule has 0 aromatic heterocycles. The number of nitrogens with one attached hydrogen (secondary N) is 1. The van der Waals surface area contributed by atoms with Gasteiger partial charge in [0.25, 0.3) is 5.91 Å². The molecule has 0 saturated carbocycles. The summed E-state index contributed by atoms with van der Waals surface area (Å²) in [6.45, 7) is 5.87. The molecule has 0 fully saturated rings. The summed E-state index contributed by atoms with van der Waals surface area (Å²) < 4.78 is 5.43. The summed E-state index contributed by atoms with van der Waals surface area (Å²) in [6.07, 6.45) is 0. The van der Waals surface area contributed by atoms with E-state index in [2.05, 4.69) is 5.32 Å². The number of aryl methyl sites for hydroxylation is 3.